The number of hydrogen-bond donors (Lipinski definition) is 4. The summed E-state index contributed by atoms with van der Waals surface area (Å²) in [7, 11) is 0. The number of aromatic amines is 1. The Balaban J connectivity index is 0.918. The molecule has 6 rings (SSSR count). The van der Waals surface area contributed by atoms with E-state index >= 15 is 0 Å². The molecular formula is C28H35N7O. The third-order valence-electron chi connectivity index (χ3n) is 7.86. The number of nitrogens with zero attached hydrogens (tertiary/aromatic N) is 3. The van der Waals surface area contributed by atoms with E-state index in [0.717, 1.165) is 55.9 Å². The first-order valence-corrected chi connectivity index (χ1v) is 13.4. The van der Waals surface area contributed by atoms with Crippen LogP contribution in [0.2, 0.25) is 0 Å². The first kappa shape index (κ1) is 23.2. The van der Waals surface area contributed by atoms with Gasteiger partial charge in [0.2, 0.25) is 5.91 Å². The second-order valence-electron chi connectivity index (χ2n) is 10.6. The molecule has 2 aromatic heterocycles. The van der Waals surface area contributed by atoms with Crippen molar-refractivity contribution >= 4 is 11.7 Å². The number of H-pyrrole nitrogens is 1. The van der Waals surface area contributed by atoms with Crippen molar-refractivity contribution in [2.75, 3.05) is 5.32 Å². The molecule has 0 radical (unpaired) electrons. The number of aromatic nitrogens is 4. The predicted molar refractivity (Wildman–Crippen MR) is 138 cm³/mol. The largest absolute Gasteiger partial charge is 0.364 e. The van der Waals surface area contributed by atoms with Crippen LogP contribution in [0, 0.1) is 5.92 Å². The van der Waals surface area contributed by atoms with Crippen molar-refractivity contribution in [3.63, 3.8) is 0 Å². The summed E-state index contributed by atoms with van der Waals surface area (Å²) in [6.07, 6.45) is 10.2. The number of carbonyl (C=O) groups is 1. The van der Waals surface area contributed by atoms with Crippen molar-refractivity contribution in [3.05, 3.63) is 70.9 Å². The van der Waals surface area contributed by atoms with Gasteiger partial charge in [-0.3, -0.25) is 9.89 Å². The molecule has 0 spiro atoms. The molecule has 2 fully saturated rings. The summed E-state index contributed by atoms with van der Waals surface area (Å²) in [6, 6.07) is 13.2. The van der Waals surface area contributed by atoms with Gasteiger partial charge in [-0.2, -0.15) is 5.10 Å². The quantitative estimate of drug-likeness (QED) is 0.369. The molecule has 0 unspecified atom stereocenters. The maximum absolute atomic E-state index is 12.8. The van der Waals surface area contributed by atoms with E-state index in [1.54, 1.807) is 0 Å². The van der Waals surface area contributed by atoms with Gasteiger partial charge in [-0.1, -0.05) is 24.3 Å². The lowest BCUT2D eigenvalue weighted by molar-refractivity contribution is -0.125. The van der Waals surface area contributed by atoms with E-state index in [1.807, 2.05) is 12.3 Å². The minimum atomic E-state index is 0.0878. The van der Waals surface area contributed by atoms with Crippen LogP contribution in [0.3, 0.4) is 0 Å². The molecule has 8 nitrogen and oxygen atoms in total. The number of amides is 1. The third kappa shape index (κ3) is 5.59. The molecule has 0 atom stereocenters. The Morgan fingerprint density at radius 1 is 0.944 bits per heavy atom. The van der Waals surface area contributed by atoms with Crippen molar-refractivity contribution < 1.29 is 4.79 Å². The standard InChI is InChI=1S/C28H35N7O/c36-28(21-13-19-3-1-2-4-20(19)14-21)32-23-9-7-22(8-10-23)30-17-27-29-12-11-26(33-27)31-16-24-15-25(35-34-24)18-5-6-18/h1-4,11-12,15,18,21-23,30H,5-10,13-14,16-17H2,(H,32,36)(H,34,35)(H,29,31,33). The fourth-order valence-corrected chi connectivity index (χ4v) is 5.57. The molecule has 4 N–H and O–H groups in total. The van der Waals surface area contributed by atoms with Crippen LogP contribution in [0.15, 0.2) is 42.6 Å². The summed E-state index contributed by atoms with van der Waals surface area (Å²) in [5.74, 6) is 2.58. The van der Waals surface area contributed by atoms with Gasteiger partial charge in [0.25, 0.3) is 0 Å². The maximum Gasteiger partial charge on any atom is 0.223 e. The molecule has 8 heteroatoms. The minimum Gasteiger partial charge on any atom is -0.364 e. The normalized spacial score (nSPS) is 21.8. The molecule has 2 saturated carbocycles. The molecule has 3 aliphatic carbocycles. The highest BCUT2D eigenvalue weighted by atomic mass is 16.1. The highest BCUT2D eigenvalue weighted by molar-refractivity contribution is 5.80. The van der Waals surface area contributed by atoms with E-state index in [-0.39, 0.29) is 17.9 Å². The van der Waals surface area contributed by atoms with E-state index in [2.05, 4.69) is 66.4 Å². The van der Waals surface area contributed by atoms with Crippen molar-refractivity contribution in [1.82, 2.24) is 30.8 Å². The molecule has 3 aliphatic rings. The Labute approximate surface area is 212 Å². The molecule has 0 saturated heterocycles. The van der Waals surface area contributed by atoms with Gasteiger partial charge in [0.15, 0.2) is 0 Å². The smallest absolute Gasteiger partial charge is 0.223 e. The summed E-state index contributed by atoms with van der Waals surface area (Å²) in [6.45, 7) is 1.32. The lowest BCUT2D eigenvalue weighted by atomic mass is 9.90. The zero-order valence-corrected chi connectivity index (χ0v) is 20.7. The zero-order chi connectivity index (χ0) is 24.3. The van der Waals surface area contributed by atoms with Gasteiger partial charge in [-0.05, 0) is 74.6 Å². The Hall–Kier alpha value is -3.26. The SMILES string of the molecule is O=C(NC1CCC(NCc2nccc(NCc3cc(C4CC4)n[nH]3)n2)CC1)C1Cc2ccccc2C1. The van der Waals surface area contributed by atoms with Gasteiger partial charge in [0.05, 0.1) is 24.5 Å². The van der Waals surface area contributed by atoms with Gasteiger partial charge in [0, 0.05) is 30.1 Å². The lowest BCUT2D eigenvalue weighted by Crippen LogP contribution is -2.44. The molecule has 3 aromatic rings. The molecule has 188 valence electrons. The number of carbonyl (C=O) groups excluding carboxylic acids is 1. The maximum atomic E-state index is 12.8. The Morgan fingerprint density at radius 2 is 1.69 bits per heavy atom. The zero-order valence-electron chi connectivity index (χ0n) is 20.7. The number of hydrogen-bond acceptors (Lipinski definition) is 6. The van der Waals surface area contributed by atoms with Gasteiger partial charge < -0.3 is 16.0 Å². The molecule has 1 amide bonds. The summed E-state index contributed by atoms with van der Waals surface area (Å²) in [4.78, 5) is 21.9. The summed E-state index contributed by atoms with van der Waals surface area (Å²) >= 11 is 0. The Morgan fingerprint density at radius 3 is 2.44 bits per heavy atom. The van der Waals surface area contributed by atoms with Crippen LogP contribution < -0.4 is 16.0 Å². The molecule has 1 aromatic carbocycles. The van der Waals surface area contributed by atoms with Gasteiger partial charge >= 0.3 is 0 Å². The molecule has 36 heavy (non-hydrogen) atoms. The average Bonchev–Trinajstić information content (AvgIpc) is 3.48. The first-order chi connectivity index (χ1) is 17.7. The van der Waals surface area contributed by atoms with Gasteiger partial charge in [-0.15, -0.1) is 0 Å². The number of nitrogens with one attached hydrogen (secondary N) is 4. The Bertz CT molecular complexity index is 1170. The number of benzene rings is 1. The van der Waals surface area contributed by atoms with Crippen LogP contribution >= 0.6 is 0 Å². The van der Waals surface area contributed by atoms with Crippen LogP contribution in [0.4, 0.5) is 5.82 Å². The molecular weight excluding hydrogens is 450 g/mol. The van der Waals surface area contributed by atoms with E-state index in [1.165, 1.54) is 29.7 Å². The van der Waals surface area contributed by atoms with Crippen molar-refractivity contribution in [2.24, 2.45) is 5.92 Å². The monoisotopic (exact) mass is 485 g/mol. The molecule has 0 bridgehead atoms. The summed E-state index contributed by atoms with van der Waals surface area (Å²) in [5.41, 5.74) is 4.92. The topological polar surface area (TPSA) is 108 Å². The van der Waals surface area contributed by atoms with Crippen LogP contribution in [0.1, 0.15) is 72.8 Å². The third-order valence-corrected chi connectivity index (χ3v) is 7.86. The fourth-order valence-electron chi connectivity index (χ4n) is 5.57. The van der Waals surface area contributed by atoms with Crippen LogP contribution in [-0.4, -0.2) is 38.2 Å². The van der Waals surface area contributed by atoms with E-state index < -0.39 is 0 Å². The van der Waals surface area contributed by atoms with Crippen LogP contribution in [0.25, 0.3) is 0 Å². The fraction of sp³-hybridized carbons (Fsp3) is 0.500. The number of fused-ring (bicyclic) bond motifs is 1. The van der Waals surface area contributed by atoms with Gasteiger partial charge in [0.1, 0.15) is 11.6 Å². The van der Waals surface area contributed by atoms with Crippen LogP contribution in [0.5, 0.6) is 0 Å². The second-order valence-corrected chi connectivity index (χ2v) is 10.6. The first-order valence-electron chi connectivity index (χ1n) is 13.4. The molecule has 0 aliphatic heterocycles. The Kier molecular flexibility index (Phi) is 6.68. The summed E-state index contributed by atoms with van der Waals surface area (Å²) < 4.78 is 0. The predicted octanol–water partition coefficient (Wildman–Crippen LogP) is 3.62. The van der Waals surface area contributed by atoms with Crippen molar-refractivity contribution in [3.8, 4) is 0 Å². The number of rotatable bonds is 9. The highest BCUT2D eigenvalue weighted by Gasteiger charge is 2.30. The average molecular weight is 486 g/mol. The number of anilines is 1. The van der Waals surface area contributed by atoms with Crippen molar-refractivity contribution in [2.45, 2.75) is 82.5 Å². The minimum absolute atomic E-state index is 0.0878. The van der Waals surface area contributed by atoms with Gasteiger partial charge in [-0.25, -0.2) is 9.97 Å². The summed E-state index contributed by atoms with van der Waals surface area (Å²) in [5, 5.41) is 17.9. The van der Waals surface area contributed by atoms with E-state index in [0.29, 0.717) is 25.0 Å². The van der Waals surface area contributed by atoms with Crippen molar-refractivity contribution in [1.29, 1.82) is 0 Å². The van der Waals surface area contributed by atoms with E-state index in [9.17, 15) is 4.79 Å². The molecule has 2 heterocycles. The van der Waals surface area contributed by atoms with Crippen LogP contribution in [-0.2, 0) is 30.7 Å². The van der Waals surface area contributed by atoms with E-state index in [4.69, 9.17) is 0 Å². The second kappa shape index (κ2) is 10.4. The highest BCUT2D eigenvalue weighted by Crippen LogP contribution is 2.39. The lowest BCUT2D eigenvalue weighted by Gasteiger charge is -2.30.